The molecular formula is C20H24ClFN2OS. The third-order valence-electron chi connectivity index (χ3n) is 4.47. The number of nitrogens with zero attached hydrogens (tertiary/aromatic N) is 2. The first kappa shape index (κ1) is 19.5. The summed E-state index contributed by atoms with van der Waals surface area (Å²) in [6.45, 7) is 6.71. The van der Waals surface area contributed by atoms with Crippen LogP contribution in [0.5, 0.6) is 5.75 Å². The zero-order valence-corrected chi connectivity index (χ0v) is 16.3. The molecule has 1 aliphatic rings. The average molecular weight is 395 g/mol. The van der Waals surface area contributed by atoms with E-state index >= 15 is 0 Å². The Labute approximate surface area is 164 Å². The fourth-order valence-corrected chi connectivity index (χ4v) is 4.07. The van der Waals surface area contributed by atoms with Crippen molar-refractivity contribution in [3.8, 4) is 5.75 Å². The van der Waals surface area contributed by atoms with Gasteiger partial charge in [-0.15, -0.1) is 11.8 Å². The summed E-state index contributed by atoms with van der Waals surface area (Å²) in [4.78, 5) is 5.60. The molecule has 1 fully saturated rings. The van der Waals surface area contributed by atoms with Crippen molar-refractivity contribution in [3.05, 3.63) is 59.4 Å². The summed E-state index contributed by atoms with van der Waals surface area (Å²) in [5, 5.41) is 0.657. The second-order valence-electron chi connectivity index (χ2n) is 6.24. The van der Waals surface area contributed by atoms with Crippen molar-refractivity contribution < 1.29 is 9.13 Å². The predicted octanol–water partition coefficient (Wildman–Crippen LogP) is 4.27. The van der Waals surface area contributed by atoms with Gasteiger partial charge in [0.1, 0.15) is 18.2 Å². The van der Waals surface area contributed by atoms with Crippen molar-refractivity contribution in [2.45, 2.75) is 4.90 Å². The van der Waals surface area contributed by atoms with Crippen LogP contribution in [0, 0.1) is 5.82 Å². The number of thioether (sulfide) groups is 1. The van der Waals surface area contributed by atoms with E-state index in [0.717, 1.165) is 55.7 Å². The van der Waals surface area contributed by atoms with Crippen molar-refractivity contribution in [3.63, 3.8) is 0 Å². The molecule has 3 rings (SSSR count). The second-order valence-corrected chi connectivity index (χ2v) is 7.78. The highest BCUT2D eigenvalue weighted by Crippen LogP contribution is 2.23. The molecule has 0 radical (unpaired) electrons. The van der Waals surface area contributed by atoms with Gasteiger partial charge in [0.25, 0.3) is 0 Å². The number of halogens is 2. The van der Waals surface area contributed by atoms with Gasteiger partial charge in [0, 0.05) is 49.9 Å². The van der Waals surface area contributed by atoms with Gasteiger partial charge in [0.15, 0.2) is 0 Å². The summed E-state index contributed by atoms with van der Waals surface area (Å²) in [5.74, 6) is 1.54. The lowest BCUT2D eigenvalue weighted by Crippen LogP contribution is -2.47. The summed E-state index contributed by atoms with van der Waals surface area (Å²) in [5.41, 5.74) is 0. The molecule has 2 aromatic rings. The molecule has 1 aliphatic heterocycles. The van der Waals surface area contributed by atoms with Gasteiger partial charge in [-0.2, -0.15) is 0 Å². The number of hydrogen-bond donors (Lipinski definition) is 0. The summed E-state index contributed by atoms with van der Waals surface area (Å²) in [6, 6.07) is 14.5. The molecule has 1 heterocycles. The Hall–Kier alpha value is -1.27. The van der Waals surface area contributed by atoms with E-state index in [2.05, 4.69) is 9.80 Å². The van der Waals surface area contributed by atoms with Gasteiger partial charge < -0.3 is 4.74 Å². The Bertz CT molecular complexity index is 636. The van der Waals surface area contributed by atoms with Crippen molar-refractivity contribution in [2.24, 2.45) is 0 Å². The largest absolute Gasteiger partial charge is 0.491 e. The van der Waals surface area contributed by atoms with Crippen LogP contribution >= 0.6 is 23.4 Å². The van der Waals surface area contributed by atoms with Crippen LogP contribution in [-0.2, 0) is 0 Å². The number of para-hydroxylation sites is 1. The first-order chi connectivity index (χ1) is 12.7. The van der Waals surface area contributed by atoms with Crippen LogP contribution in [0.15, 0.2) is 53.4 Å². The number of rotatable bonds is 8. The highest BCUT2D eigenvalue weighted by atomic mass is 35.5. The maximum absolute atomic E-state index is 13.6. The highest BCUT2D eigenvalue weighted by Gasteiger charge is 2.16. The molecule has 0 amide bonds. The minimum atomic E-state index is -0.124. The van der Waals surface area contributed by atoms with E-state index < -0.39 is 0 Å². The Kier molecular flexibility index (Phi) is 7.62. The van der Waals surface area contributed by atoms with Gasteiger partial charge in [0.2, 0.25) is 0 Å². The Morgan fingerprint density at radius 3 is 2.31 bits per heavy atom. The molecule has 0 aliphatic carbocycles. The zero-order valence-electron chi connectivity index (χ0n) is 14.7. The third-order valence-corrected chi connectivity index (χ3v) is 5.81. The molecule has 0 atom stereocenters. The molecule has 0 unspecified atom stereocenters. The molecule has 0 bridgehead atoms. The van der Waals surface area contributed by atoms with Gasteiger partial charge in [-0.05, 0) is 24.3 Å². The van der Waals surface area contributed by atoms with E-state index in [4.69, 9.17) is 16.3 Å². The van der Waals surface area contributed by atoms with Crippen molar-refractivity contribution in [2.75, 3.05) is 51.6 Å². The van der Waals surface area contributed by atoms with Crippen LogP contribution < -0.4 is 4.74 Å². The van der Waals surface area contributed by atoms with Gasteiger partial charge in [-0.3, -0.25) is 9.80 Å². The molecule has 6 heteroatoms. The lowest BCUT2D eigenvalue weighted by molar-refractivity contribution is 0.121. The fourth-order valence-electron chi connectivity index (χ4n) is 2.93. The molecule has 0 spiro atoms. The average Bonchev–Trinajstić information content (AvgIpc) is 2.66. The molecule has 2 aromatic carbocycles. The fraction of sp³-hybridized carbons (Fsp3) is 0.400. The number of benzene rings is 2. The number of ether oxygens (including phenoxy) is 1. The standard InChI is InChI=1S/C20H24ClFN2OS/c21-17-5-1-3-7-19(17)25-15-13-23-9-11-24(12-10-23)14-16-26-20-8-4-2-6-18(20)22/h1-8H,9-16H2. The number of hydrogen-bond acceptors (Lipinski definition) is 4. The molecule has 0 aromatic heterocycles. The first-order valence-corrected chi connectivity index (χ1v) is 10.3. The van der Waals surface area contributed by atoms with Crippen LogP contribution in [0.1, 0.15) is 0 Å². The predicted molar refractivity (Wildman–Crippen MR) is 107 cm³/mol. The lowest BCUT2D eigenvalue weighted by Gasteiger charge is -2.34. The van der Waals surface area contributed by atoms with E-state index in [9.17, 15) is 4.39 Å². The maximum atomic E-state index is 13.6. The third kappa shape index (κ3) is 5.88. The van der Waals surface area contributed by atoms with E-state index in [-0.39, 0.29) is 5.82 Å². The Morgan fingerprint density at radius 2 is 1.58 bits per heavy atom. The summed E-state index contributed by atoms with van der Waals surface area (Å²) >= 11 is 7.69. The molecule has 3 nitrogen and oxygen atoms in total. The van der Waals surface area contributed by atoms with Crippen LogP contribution in [-0.4, -0.2) is 61.4 Å². The summed E-state index contributed by atoms with van der Waals surface area (Å²) < 4.78 is 19.4. The van der Waals surface area contributed by atoms with Gasteiger partial charge in [-0.1, -0.05) is 35.9 Å². The van der Waals surface area contributed by atoms with Crippen LogP contribution in [0.2, 0.25) is 5.02 Å². The van der Waals surface area contributed by atoms with Crippen molar-refractivity contribution in [1.29, 1.82) is 0 Å². The Balaban J connectivity index is 1.30. The van der Waals surface area contributed by atoms with Gasteiger partial charge >= 0.3 is 0 Å². The molecule has 0 N–H and O–H groups in total. The highest BCUT2D eigenvalue weighted by molar-refractivity contribution is 7.99. The van der Waals surface area contributed by atoms with Crippen molar-refractivity contribution >= 4 is 23.4 Å². The normalized spacial score (nSPS) is 15.9. The number of piperazine rings is 1. The molecule has 140 valence electrons. The monoisotopic (exact) mass is 394 g/mol. The molecule has 1 saturated heterocycles. The summed E-state index contributed by atoms with van der Waals surface area (Å²) in [6.07, 6.45) is 0. The van der Waals surface area contributed by atoms with Crippen LogP contribution in [0.25, 0.3) is 0 Å². The van der Waals surface area contributed by atoms with E-state index in [1.165, 1.54) is 6.07 Å². The molecule has 26 heavy (non-hydrogen) atoms. The Morgan fingerprint density at radius 1 is 0.923 bits per heavy atom. The quantitative estimate of drug-likeness (QED) is 0.621. The van der Waals surface area contributed by atoms with Crippen molar-refractivity contribution in [1.82, 2.24) is 9.80 Å². The minimum Gasteiger partial charge on any atom is -0.491 e. The van der Waals surface area contributed by atoms with Crippen LogP contribution in [0.3, 0.4) is 0 Å². The minimum absolute atomic E-state index is 0.124. The first-order valence-electron chi connectivity index (χ1n) is 8.92. The topological polar surface area (TPSA) is 15.7 Å². The lowest BCUT2D eigenvalue weighted by atomic mass is 10.3. The van der Waals surface area contributed by atoms with Crippen LogP contribution in [0.4, 0.5) is 4.39 Å². The maximum Gasteiger partial charge on any atom is 0.137 e. The van der Waals surface area contributed by atoms with Gasteiger partial charge in [-0.25, -0.2) is 4.39 Å². The summed E-state index contributed by atoms with van der Waals surface area (Å²) in [7, 11) is 0. The van der Waals surface area contributed by atoms with Gasteiger partial charge in [0.05, 0.1) is 5.02 Å². The SMILES string of the molecule is Fc1ccccc1SCCN1CCN(CCOc2ccccc2Cl)CC1. The van der Waals surface area contributed by atoms with E-state index in [1.54, 1.807) is 17.8 Å². The smallest absolute Gasteiger partial charge is 0.137 e. The van der Waals surface area contributed by atoms with E-state index in [1.807, 2.05) is 36.4 Å². The zero-order chi connectivity index (χ0) is 18.2. The molecular weight excluding hydrogens is 371 g/mol. The van der Waals surface area contributed by atoms with E-state index in [0.29, 0.717) is 11.6 Å². The molecule has 0 saturated carbocycles. The second kappa shape index (κ2) is 10.2.